The van der Waals surface area contributed by atoms with Gasteiger partial charge in [0.15, 0.2) is 0 Å². The molecular weight excluding hydrogens is 390 g/mol. The van der Waals surface area contributed by atoms with Gasteiger partial charge in [0.05, 0.1) is 0 Å². The van der Waals surface area contributed by atoms with Crippen molar-refractivity contribution in [2.45, 2.75) is 18.4 Å². The normalized spacial score (nSPS) is 14.8. The maximum absolute atomic E-state index is 13.6. The molecule has 6 heteroatoms. The van der Waals surface area contributed by atoms with Crippen molar-refractivity contribution in [1.29, 1.82) is 0 Å². The van der Waals surface area contributed by atoms with Crippen LogP contribution in [0.5, 0.6) is 0 Å². The molecule has 0 saturated carbocycles. The molecule has 1 aliphatic rings. The molecule has 4 amide bonds. The van der Waals surface area contributed by atoms with Crippen molar-refractivity contribution in [3.8, 4) is 0 Å². The van der Waals surface area contributed by atoms with Gasteiger partial charge >= 0.3 is 6.03 Å². The number of nitrogens with zero attached hydrogens (tertiary/aromatic N) is 2. The standard InChI is InChI=1S/C25H27N3O3/c1-3-15-27(16-4-2)22(29)19-28-23(30)25(26-24(28)31,17-20-11-7-5-8-12-20)18-21-13-9-6-10-14-21/h3-14H,1-2,15-19H2,(H,26,31). The third-order valence-electron chi connectivity index (χ3n) is 5.29. The first-order valence-corrected chi connectivity index (χ1v) is 10.2. The van der Waals surface area contributed by atoms with Crippen LogP contribution >= 0.6 is 0 Å². The highest BCUT2D eigenvalue weighted by Crippen LogP contribution is 2.27. The zero-order valence-corrected chi connectivity index (χ0v) is 17.5. The smallest absolute Gasteiger partial charge is 0.325 e. The van der Waals surface area contributed by atoms with Gasteiger partial charge < -0.3 is 10.2 Å². The fraction of sp³-hybridized carbons (Fsp3) is 0.240. The van der Waals surface area contributed by atoms with E-state index in [0.29, 0.717) is 25.9 Å². The monoisotopic (exact) mass is 417 g/mol. The highest BCUT2D eigenvalue weighted by molar-refractivity contribution is 6.09. The summed E-state index contributed by atoms with van der Waals surface area (Å²) in [6.45, 7) is 7.62. The molecule has 2 aromatic rings. The minimum atomic E-state index is -1.15. The summed E-state index contributed by atoms with van der Waals surface area (Å²) >= 11 is 0. The number of carbonyl (C=O) groups excluding carboxylic acids is 3. The van der Waals surface area contributed by atoms with Crippen LogP contribution in [0.3, 0.4) is 0 Å². The van der Waals surface area contributed by atoms with Gasteiger partial charge in [-0.25, -0.2) is 4.79 Å². The van der Waals surface area contributed by atoms with E-state index in [4.69, 9.17) is 0 Å². The lowest BCUT2D eigenvalue weighted by Crippen LogP contribution is -2.51. The Morgan fingerprint density at radius 1 is 0.903 bits per heavy atom. The summed E-state index contributed by atoms with van der Waals surface area (Å²) in [4.78, 5) is 41.7. The van der Waals surface area contributed by atoms with Crippen molar-refractivity contribution in [2.24, 2.45) is 0 Å². The van der Waals surface area contributed by atoms with Gasteiger partial charge in [0, 0.05) is 25.9 Å². The fourth-order valence-corrected chi connectivity index (χ4v) is 3.84. The van der Waals surface area contributed by atoms with Gasteiger partial charge in [-0.15, -0.1) is 13.2 Å². The van der Waals surface area contributed by atoms with E-state index in [1.54, 1.807) is 12.2 Å². The molecule has 1 aliphatic heterocycles. The van der Waals surface area contributed by atoms with Crippen molar-refractivity contribution in [3.05, 3.63) is 97.1 Å². The molecule has 0 aromatic heterocycles. The van der Waals surface area contributed by atoms with E-state index in [1.165, 1.54) is 4.90 Å². The maximum Gasteiger partial charge on any atom is 0.325 e. The van der Waals surface area contributed by atoms with E-state index in [-0.39, 0.29) is 12.5 Å². The first-order chi connectivity index (χ1) is 15.0. The van der Waals surface area contributed by atoms with Gasteiger partial charge in [0.25, 0.3) is 5.91 Å². The summed E-state index contributed by atoms with van der Waals surface area (Å²) in [5, 5.41) is 2.90. The van der Waals surface area contributed by atoms with Crippen LogP contribution in [0.2, 0.25) is 0 Å². The van der Waals surface area contributed by atoms with Gasteiger partial charge in [-0.3, -0.25) is 14.5 Å². The number of benzene rings is 2. The summed E-state index contributed by atoms with van der Waals surface area (Å²) in [6, 6.07) is 18.6. The summed E-state index contributed by atoms with van der Waals surface area (Å²) in [5.74, 6) is -0.728. The first-order valence-electron chi connectivity index (χ1n) is 10.2. The molecule has 0 spiro atoms. The largest absolute Gasteiger partial charge is 0.334 e. The third kappa shape index (κ3) is 5.09. The summed E-state index contributed by atoms with van der Waals surface area (Å²) in [5.41, 5.74) is 0.710. The predicted molar refractivity (Wildman–Crippen MR) is 120 cm³/mol. The molecule has 1 N–H and O–H groups in total. The topological polar surface area (TPSA) is 69.7 Å². The van der Waals surface area contributed by atoms with Crippen LogP contribution in [0.25, 0.3) is 0 Å². The molecule has 0 atom stereocenters. The zero-order chi connectivity index (χ0) is 22.3. The Labute approximate surface area is 182 Å². The Kier molecular flexibility index (Phi) is 7.03. The van der Waals surface area contributed by atoms with E-state index in [0.717, 1.165) is 16.0 Å². The van der Waals surface area contributed by atoms with Crippen LogP contribution in [-0.2, 0) is 22.4 Å². The summed E-state index contributed by atoms with van der Waals surface area (Å²) in [6.07, 6.45) is 3.87. The molecule has 31 heavy (non-hydrogen) atoms. The van der Waals surface area contributed by atoms with Gasteiger partial charge in [-0.1, -0.05) is 72.8 Å². The minimum absolute atomic E-state index is 0.313. The molecule has 3 rings (SSSR count). The van der Waals surface area contributed by atoms with Gasteiger partial charge in [-0.2, -0.15) is 0 Å². The minimum Gasteiger partial charge on any atom is -0.334 e. The van der Waals surface area contributed by atoms with Gasteiger partial charge in [0.1, 0.15) is 12.1 Å². The molecule has 0 bridgehead atoms. The van der Waals surface area contributed by atoms with Gasteiger partial charge in [-0.05, 0) is 11.1 Å². The van der Waals surface area contributed by atoms with Crippen LogP contribution in [0.15, 0.2) is 86.0 Å². The number of carbonyl (C=O) groups is 3. The quantitative estimate of drug-likeness (QED) is 0.477. The summed E-state index contributed by atoms with van der Waals surface area (Å²) < 4.78 is 0. The number of hydrogen-bond acceptors (Lipinski definition) is 3. The van der Waals surface area contributed by atoms with Crippen molar-refractivity contribution in [1.82, 2.24) is 15.1 Å². The van der Waals surface area contributed by atoms with Crippen LogP contribution in [-0.4, -0.2) is 52.8 Å². The maximum atomic E-state index is 13.6. The average Bonchev–Trinajstić information content (AvgIpc) is 2.99. The van der Waals surface area contributed by atoms with E-state index in [1.807, 2.05) is 60.7 Å². The number of nitrogens with one attached hydrogen (secondary N) is 1. The Hall–Kier alpha value is -3.67. The lowest BCUT2D eigenvalue weighted by Gasteiger charge is -2.27. The zero-order valence-electron chi connectivity index (χ0n) is 17.5. The van der Waals surface area contributed by atoms with E-state index in [9.17, 15) is 14.4 Å². The molecule has 2 aromatic carbocycles. The van der Waals surface area contributed by atoms with Crippen molar-refractivity contribution >= 4 is 17.8 Å². The number of hydrogen-bond donors (Lipinski definition) is 1. The average molecular weight is 418 g/mol. The Balaban J connectivity index is 1.88. The second-order valence-electron chi connectivity index (χ2n) is 7.60. The highest BCUT2D eigenvalue weighted by Gasteiger charge is 2.51. The number of urea groups is 1. The lowest BCUT2D eigenvalue weighted by molar-refractivity contribution is -0.138. The molecule has 0 radical (unpaired) electrons. The Morgan fingerprint density at radius 3 is 1.84 bits per heavy atom. The van der Waals surface area contributed by atoms with Crippen molar-refractivity contribution in [2.75, 3.05) is 19.6 Å². The van der Waals surface area contributed by atoms with Crippen LogP contribution in [0, 0.1) is 0 Å². The van der Waals surface area contributed by atoms with E-state index < -0.39 is 17.5 Å². The Morgan fingerprint density at radius 2 is 1.39 bits per heavy atom. The number of rotatable bonds is 10. The van der Waals surface area contributed by atoms with Crippen LogP contribution in [0.1, 0.15) is 11.1 Å². The highest BCUT2D eigenvalue weighted by atomic mass is 16.2. The van der Waals surface area contributed by atoms with E-state index >= 15 is 0 Å². The summed E-state index contributed by atoms with van der Waals surface area (Å²) in [7, 11) is 0. The van der Waals surface area contributed by atoms with Crippen molar-refractivity contribution < 1.29 is 14.4 Å². The molecular formula is C25H27N3O3. The third-order valence-corrected chi connectivity index (χ3v) is 5.29. The predicted octanol–water partition coefficient (Wildman–Crippen LogP) is 2.96. The lowest BCUT2D eigenvalue weighted by atomic mass is 9.84. The van der Waals surface area contributed by atoms with Crippen molar-refractivity contribution in [3.63, 3.8) is 0 Å². The molecule has 6 nitrogen and oxygen atoms in total. The van der Waals surface area contributed by atoms with Crippen LogP contribution in [0.4, 0.5) is 4.79 Å². The fourth-order valence-electron chi connectivity index (χ4n) is 3.84. The molecule has 1 fully saturated rings. The Bertz CT molecular complexity index is 905. The number of amides is 4. The molecule has 0 unspecified atom stereocenters. The molecule has 0 aliphatic carbocycles. The second-order valence-corrected chi connectivity index (χ2v) is 7.60. The van der Waals surface area contributed by atoms with Gasteiger partial charge in [0.2, 0.25) is 5.91 Å². The molecule has 160 valence electrons. The molecule has 1 saturated heterocycles. The first kappa shape index (κ1) is 22.0. The number of imide groups is 1. The van der Waals surface area contributed by atoms with Crippen LogP contribution < -0.4 is 5.32 Å². The SMILES string of the molecule is C=CCN(CC=C)C(=O)CN1C(=O)NC(Cc2ccccc2)(Cc2ccccc2)C1=O. The second kappa shape index (κ2) is 9.89. The molecule has 1 heterocycles. The van der Waals surface area contributed by atoms with E-state index in [2.05, 4.69) is 18.5 Å².